The minimum absolute atomic E-state index is 0.492. The second-order valence-corrected chi connectivity index (χ2v) is 5.55. The van der Waals surface area contributed by atoms with E-state index in [4.69, 9.17) is 0 Å². The Morgan fingerprint density at radius 2 is 2.22 bits per heavy atom. The molecule has 18 heavy (non-hydrogen) atoms. The van der Waals surface area contributed by atoms with Crippen molar-refractivity contribution in [2.24, 2.45) is 5.92 Å². The summed E-state index contributed by atoms with van der Waals surface area (Å²) in [6, 6.07) is 2.75. The van der Waals surface area contributed by atoms with Gasteiger partial charge in [-0.3, -0.25) is 4.68 Å². The Hall–Kier alpha value is -0.830. The minimum atomic E-state index is 0.492. The van der Waals surface area contributed by atoms with Gasteiger partial charge in [0.25, 0.3) is 0 Å². The van der Waals surface area contributed by atoms with Crippen LogP contribution in [0.2, 0.25) is 0 Å². The molecule has 0 spiro atoms. The van der Waals surface area contributed by atoms with Gasteiger partial charge in [0.2, 0.25) is 0 Å². The molecular formula is C15H27N3. The van der Waals surface area contributed by atoms with Gasteiger partial charge in [0.05, 0.1) is 11.4 Å². The van der Waals surface area contributed by atoms with Crippen LogP contribution in [0.1, 0.15) is 63.4 Å². The second-order valence-electron chi connectivity index (χ2n) is 5.55. The fourth-order valence-electron chi connectivity index (χ4n) is 2.58. The van der Waals surface area contributed by atoms with Crippen molar-refractivity contribution in [3.05, 3.63) is 17.5 Å². The van der Waals surface area contributed by atoms with Crippen molar-refractivity contribution >= 4 is 0 Å². The maximum atomic E-state index is 4.58. The lowest BCUT2D eigenvalue weighted by Gasteiger charge is -2.19. The Bertz CT molecular complexity index is 366. The number of hydrogen-bond acceptors (Lipinski definition) is 2. The third-order valence-electron chi connectivity index (χ3n) is 3.79. The van der Waals surface area contributed by atoms with Crippen molar-refractivity contribution < 1.29 is 0 Å². The van der Waals surface area contributed by atoms with Crippen molar-refractivity contribution in [2.45, 2.75) is 65.5 Å². The normalized spacial score (nSPS) is 17.1. The lowest BCUT2D eigenvalue weighted by atomic mass is 10.0. The summed E-state index contributed by atoms with van der Waals surface area (Å²) in [5.41, 5.74) is 2.52. The maximum Gasteiger partial charge on any atom is 0.0597 e. The first kappa shape index (κ1) is 13.6. The van der Waals surface area contributed by atoms with Crippen molar-refractivity contribution in [1.29, 1.82) is 0 Å². The SMILES string of the molecule is CCCNC(CCC1CC1)c1cc(C)nn1CC. The van der Waals surface area contributed by atoms with Crippen LogP contribution in [0.15, 0.2) is 6.07 Å². The van der Waals surface area contributed by atoms with E-state index in [0.717, 1.165) is 24.7 Å². The highest BCUT2D eigenvalue weighted by atomic mass is 15.3. The van der Waals surface area contributed by atoms with Gasteiger partial charge in [0.15, 0.2) is 0 Å². The molecule has 1 heterocycles. The third kappa shape index (κ3) is 3.58. The molecule has 0 bridgehead atoms. The zero-order chi connectivity index (χ0) is 13.0. The van der Waals surface area contributed by atoms with E-state index in [1.54, 1.807) is 0 Å². The Morgan fingerprint density at radius 1 is 1.44 bits per heavy atom. The molecule has 0 aromatic carbocycles. The molecule has 0 saturated heterocycles. The molecule has 1 saturated carbocycles. The monoisotopic (exact) mass is 249 g/mol. The standard InChI is InChI=1S/C15H27N3/c1-4-10-16-14(9-8-13-6-7-13)15-11-12(3)17-18(15)5-2/h11,13-14,16H,4-10H2,1-3H3. The van der Waals surface area contributed by atoms with Crippen molar-refractivity contribution in [3.8, 4) is 0 Å². The van der Waals surface area contributed by atoms with Crippen LogP contribution in [0.25, 0.3) is 0 Å². The fourth-order valence-corrected chi connectivity index (χ4v) is 2.58. The largest absolute Gasteiger partial charge is 0.309 e. The number of hydrogen-bond donors (Lipinski definition) is 1. The highest BCUT2D eigenvalue weighted by Gasteiger charge is 2.24. The molecular weight excluding hydrogens is 222 g/mol. The number of nitrogens with zero attached hydrogens (tertiary/aromatic N) is 2. The molecule has 1 aliphatic rings. The van der Waals surface area contributed by atoms with Crippen LogP contribution in [-0.2, 0) is 6.54 Å². The summed E-state index contributed by atoms with van der Waals surface area (Å²) in [4.78, 5) is 0. The summed E-state index contributed by atoms with van der Waals surface area (Å²) in [6.45, 7) is 8.56. The summed E-state index contributed by atoms with van der Waals surface area (Å²) in [5, 5.41) is 8.27. The Balaban J connectivity index is 2.03. The number of nitrogens with one attached hydrogen (secondary N) is 1. The van der Waals surface area contributed by atoms with Gasteiger partial charge in [-0.2, -0.15) is 5.10 Å². The van der Waals surface area contributed by atoms with Gasteiger partial charge in [0.1, 0.15) is 0 Å². The molecule has 1 aromatic heterocycles. The molecule has 1 aromatic rings. The van der Waals surface area contributed by atoms with Gasteiger partial charge in [-0.1, -0.05) is 19.8 Å². The van der Waals surface area contributed by atoms with E-state index in [2.05, 4.69) is 41.9 Å². The molecule has 1 N–H and O–H groups in total. The van der Waals surface area contributed by atoms with E-state index in [1.807, 2.05) is 0 Å². The average molecular weight is 249 g/mol. The van der Waals surface area contributed by atoms with Crippen LogP contribution >= 0.6 is 0 Å². The Kier molecular flexibility index (Phi) is 4.81. The molecule has 0 radical (unpaired) electrons. The van der Waals surface area contributed by atoms with E-state index in [1.165, 1.54) is 37.8 Å². The van der Waals surface area contributed by atoms with Crippen LogP contribution in [0, 0.1) is 12.8 Å². The molecule has 2 rings (SSSR count). The number of rotatable bonds is 8. The van der Waals surface area contributed by atoms with Crippen LogP contribution in [0.3, 0.4) is 0 Å². The van der Waals surface area contributed by atoms with Gasteiger partial charge >= 0.3 is 0 Å². The topological polar surface area (TPSA) is 29.9 Å². The van der Waals surface area contributed by atoms with Crippen LogP contribution < -0.4 is 5.32 Å². The molecule has 102 valence electrons. The van der Waals surface area contributed by atoms with E-state index in [-0.39, 0.29) is 0 Å². The molecule has 1 atom stereocenters. The summed E-state index contributed by atoms with van der Waals surface area (Å²) in [7, 11) is 0. The van der Waals surface area contributed by atoms with E-state index in [0.29, 0.717) is 6.04 Å². The third-order valence-corrected chi connectivity index (χ3v) is 3.79. The Labute approximate surface area is 111 Å². The van der Waals surface area contributed by atoms with Crippen LogP contribution in [0.5, 0.6) is 0 Å². The highest BCUT2D eigenvalue weighted by Crippen LogP contribution is 2.36. The van der Waals surface area contributed by atoms with Gasteiger partial charge in [-0.25, -0.2) is 0 Å². The summed E-state index contributed by atoms with van der Waals surface area (Å²) < 4.78 is 2.16. The lowest BCUT2D eigenvalue weighted by Crippen LogP contribution is -2.25. The molecule has 3 nitrogen and oxygen atoms in total. The van der Waals surface area contributed by atoms with Crippen LogP contribution in [0.4, 0.5) is 0 Å². The minimum Gasteiger partial charge on any atom is -0.309 e. The average Bonchev–Trinajstić information content (AvgIpc) is 3.11. The molecule has 1 unspecified atom stereocenters. The summed E-state index contributed by atoms with van der Waals surface area (Å²) in [6.07, 6.45) is 6.73. The van der Waals surface area contributed by atoms with E-state index >= 15 is 0 Å². The van der Waals surface area contributed by atoms with Crippen LogP contribution in [-0.4, -0.2) is 16.3 Å². The maximum absolute atomic E-state index is 4.58. The summed E-state index contributed by atoms with van der Waals surface area (Å²) >= 11 is 0. The number of aryl methyl sites for hydroxylation is 2. The molecule has 1 fully saturated rings. The van der Waals surface area contributed by atoms with Gasteiger partial charge in [0, 0.05) is 12.6 Å². The van der Waals surface area contributed by atoms with Gasteiger partial charge in [-0.15, -0.1) is 0 Å². The first-order chi connectivity index (χ1) is 8.74. The zero-order valence-electron chi connectivity index (χ0n) is 12.1. The van der Waals surface area contributed by atoms with Gasteiger partial charge in [-0.05, 0) is 51.6 Å². The number of aromatic nitrogens is 2. The predicted octanol–water partition coefficient (Wildman–Crippen LogP) is 3.44. The zero-order valence-corrected chi connectivity index (χ0v) is 12.1. The molecule has 0 amide bonds. The molecule has 3 heteroatoms. The smallest absolute Gasteiger partial charge is 0.0597 e. The quantitative estimate of drug-likeness (QED) is 0.765. The molecule has 0 aliphatic heterocycles. The van der Waals surface area contributed by atoms with Crippen molar-refractivity contribution in [3.63, 3.8) is 0 Å². The first-order valence-electron chi connectivity index (χ1n) is 7.52. The second kappa shape index (κ2) is 6.37. The summed E-state index contributed by atoms with van der Waals surface area (Å²) in [5.74, 6) is 1.01. The Morgan fingerprint density at radius 3 is 2.83 bits per heavy atom. The lowest BCUT2D eigenvalue weighted by molar-refractivity contribution is 0.435. The highest BCUT2D eigenvalue weighted by molar-refractivity contribution is 5.13. The van der Waals surface area contributed by atoms with Crippen molar-refractivity contribution in [2.75, 3.05) is 6.54 Å². The van der Waals surface area contributed by atoms with E-state index in [9.17, 15) is 0 Å². The molecule has 1 aliphatic carbocycles. The first-order valence-corrected chi connectivity index (χ1v) is 7.52. The van der Waals surface area contributed by atoms with Crippen molar-refractivity contribution in [1.82, 2.24) is 15.1 Å². The fraction of sp³-hybridized carbons (Fsp3) is 0.800. The predicted molar refractivity (Wildman–Crippen MR) is 75.6 cm³/mol. The van der Waals surface area contributed by atoms with E-state index < -0.39 is 0 Å². The van der Waals surface area contributed by atoms with Gasteiger partial charge < -0.3 is 5.32 Å².